The van der Waals surface area contributed by atoms with Crippen LogP contribution in [0.3, 0.4) is 0 Å². The first-order chi connectivity index (χ1) is 13.7. The van der Waals surface area contributed by atoms with Crippen LogP contribution < -0.4 is 10.6 Å². The minimum Gasteiger partial charge on any atom is -0.326 e. The Morgan fingerprint density at radius 2 is 1.59 bits per heavy atom. The van der Waals surface area contributed by atoms with E-state index in [1.165, 1.54) is 13.0 Å². The van der Waals surface area contributed by atoms with Gasteiger partial charge in [-0.1, -0.05) is 18.2 Å². The molecule has 0 saturated heterocycles. The van der Waals surface area contributed by atoms with Gasteiger partial charge < -0.3 is 10.6 Å². The van der Waals surface area contributed by atoms with Crippen LogP contribution in [0.25, 0.3) is 11.3 Å². The van der Waals surface area contributed by atoms with Crippen molar-refractivity contribution in [3.8, 4) is 11.3 Å². The summed E-state index contributed by atoms with van der Waals surface area (Å²) in [4.78, 5) is 27.7. The number of benzene rings is 2. The number of rotatable bonds is 4. The molecule has 8 heteroatoms. The molecular weight excluding hydrogens is 383 g/mol. The highest BCUT2D eigenvalue weighted by Gasteiger charge is 2.30. The molecule has 0 aliphatic heterocycles. The Balaban J connectivity index is 1.83. The first kappa shape index (κ1) is 20.1. The van der Waals surface area contributed by atoms with Gasteiger partial charge >= 0.3 is 6.18 Å². The van der Waals surface area contributed by atoms with Crippen molar-refractivity contribution >= 4 is 23.2 Å². The van der Waals surface area contributed by atoms with Crippen molar-refractivity contribution in [2.45, 2.75) is 13.1 Å². The lowest BCUT2D eigenvalue weighted by molar-refractivity contribution is -0.137. The topological polar surface area (TPSA) is 71.1 Å². The van der Waals surface area contributed by atoms with Crippen LogP contribution in [-0.2, 0) is 11.0 Å². The molecule has 1 aromatic heterocycles. The number of pyridine rings is 1. The third kappa shape index (κ3) is 5.19. The van der Waals surface area contributed by atoms with E-state index in [1.54, 1.807) is 42.5 Å². The van der Waals surface area contributed by atoms with E-state index in [-0.39, 0.29) is 17.2 Å². The lowest BCUT2D eigenvalue weighted by Gasteiger charge is -2.10. The van der Waals surface area contributed by atoms with Crippen molar-refractivity contribution in [3.05, 3.63) is 78.0 Å². The molecule has 3 aromatic rings. The first-order valence-corrected chi connectivity index (χ1v) is 8.55. The van der Waals surface area contributed by atoms with Crippen LogP contribution in [0.1, 0.15) is 22.8 Å². The van der Waals surface area contributed by atoms with E-state index in [4.69, 9.17) is 0 Å². The quantitative estimate of drug-likeness (QED) is 0.650. The minimum absolute atomic E-state index is 0.113. The molecule has 148 valence electrons. The first-order valence-electron chi connectivity index (χ1n) is 8.55. The number of halogens is 3. The zero-order chi connectivity index (χ0) is 21.0. The van der Waals surface area contributed by atoms with Crippen molar-refractivity contribution in [2.24, 2.45) is 0 Å². The second kappa shape index (κ2) is 8.14. The molecule has 0 fully saturated rings. The van der Waals surface area contributed by atoms with E-state index < -0.39 is 17.6 Å². The van der Waals surface area contributed by atoms with E-state index in [0.717, 1.165) is 18.3 Å². The summed E-state index contributed by atoms with van der Waals surface area (Å²) in [6, 6.07) is 14.6. The monoisotopic (exact) mass is 399 g/mol. The molecule has 5 nitrogen and oxygen atoms in total. The van der Waals surface area contributed by atoms with Gasteiger partial charge in [0, 0.05) is 35.6 Å². The third-order valence-electron chi connectivity index (χ3n) is 3.95. The Bertz CT molecular complexity index is 1060. The molecule has 2 aromatic carbocycles. The molecule has 0 spiro atoms. The molecule has 0 aliphatic rings. The van der Waals surface area contributed by atoms with Crippen LogP contribution in [0.4, 0.5) is 24.5 Å². The van der Waals surface area contributed by atoms with Gasteiger partial charge in [-0.15, -0.1) is 0 Å². The number of carbonyl (C=O) groups excluding carboxylic acids is 2. The van der Waals surface area contributed by atoms with Crippen LogP contribution in [-0.4, -0.2) is 16.8 Å². The van der Waals surface area contributed by atoms with Crippen molar-refractivity contribution in [1.29, 1.82) is 0 Å². The average Bonchev–Trinajstić information content (AvgIpc) is 2.67. The van der Waals surface area contributed by atoms with Gasteiger partial charge in [-0.25, -0.2) is 0 Å². The SMILES string of the molecule is CC(=O)Nc1cccc(NC(=O)c2cccc(-c3cc(C(F)(F)F)ccn3)c2)c1. The molecule has 2 amide bonds. The van der Waals surface area contributed by atoms with Gasteiger partial charge in [-0.05, 0) is 42.5 Å². The number of amides is 2. The van der Waals surface area contributed by atoms with Crippen molar-refractivity contribution in [2.75, 3.05) is 10.6 Å². The van der Waals surface area contributed by atoms with Crippen LogP contribution in [0, 0.1) is 0 Å². The van der Waals surface area contributed by atoms with Gasteiger partial charge in [0.15, 0.2) is 0 Å². The summed E-state index contributed by atoms with van der Waals surface area (Å²) in [7, 11) is 0. The van der Waals surface area contributed by atoms with E-state index in [9.17, 15) is 22.8 Å². The van der Waals surface area contributed by atoms with Gasteiger partial charge in [0.2, 0.25) is 5.91 Å². The van der Waals surface area contributed by atoms with Gasteiger partial charge in [-0.2, -0.15) is 13.2 Å². The molecule has 0 unspecified atom stereocenters. The molecule has 2 N–H and O–H groups in total. The number of anilines is 2. The maximum atomic E-state index is 12.9. The molecular formula is C21H16F3N3O2. The second-order valence-electron chi connectivity index (χ2n) is 6.22. The number of carbonyl (C=O) groups is 2. The van der Waals surface area contributed by atoms with E-state index in [1.807, 2.05) is 0 Å². The highest BCUT2D eigenvalue weighted by atomic mass is 19.4. The summed E-state index contributed by atoms with van der Waals surface area (Å²) < 4.78 is 38.8. The normalized spacial score (nSPS) is 11.0. The number of nitrogens with one attached hydrogen (secondary N) is 2. The molecule has 0 bridgehead atoms. The zero-order valence-corrected chi connectivity index (χ0v) is 15.2. The van der Waals surface area contributed by atoms with Gasteiger partial charge in [0.1, 0.15) is 0 Å². The van der Waals surface area contributed by atoms with Gasteiger partial charge in [0.25, 0.3) is 5.91 Å². The summed E-state index contributed by atoms with van der Waals surface area (Å²) >= 11 is 0. The molecule has 29 heavy (non-hydrogen) atoms. The van der Waals surface area contributed by atoms with Gasteiger partial charge in [-0.3, -0.25) is 14.6 Å². The van der Waals surface area contributed by atoms with Crippen LogP contribution in [0.5, 0.6) is 0 Å². The number of hydrogen-bond acceptors (Lipinski definition) is 3. The molecule has 0 saturated carbocycles. The zero-order valence-electron chi connectivity index (χ0n) is 15.2. The number of alkyl halides is 3. The fourth-order valence-corrected chi connectivity index (χ4v) is 2.67. The van der Waals surface area contributed by atoms with E-state index in [0.29, 0.717) is 16.9 Å². The van der Waals surface area contributed by atoms with E-state index in [2.05, 4.69) is 15.6 Å². The second-order valence-corrected chi connectivity index (χ2v) is 6.22. The van der Waals surface area contributed by atoms with E-state index >= 15 is 0 Å². The number of hydrogen-bond donors (Lipinski definition) is 2. The Morgan fingerprint density at radius 3 is 2.28 bits per heavy atom. The standard InChI is InChI=1S/C21H16F3N3O2/c1-13(28)26-17-6-3-7-18(12-17)27-20(29)15-5-2-4-14(10-15)19-11-16(8-9-25-19)21(22,23)24/h2-12H,1H3,(H,26,28)(H,27,29). The Hall–Kier alpha value is -3.68. The van der Waals surface area contributed by atoms with Crippen LogP contribution in [0.15, 0.2) is 66.9 Å². The lowest BCUT2D eigenvalue weighted by atomic mass is 10.1. The molecule has 0 radical (unpaired) electrons. The summed E-state index contributed by atoms with van der Waals surface area (Å²) in [6.45, 7) is 1.37. The summed E-state index contributed by atoms with van der Waals surface area (Å²) in [5.41, 5.74) is 0.928. The van der Waals surface area contributed by atoms with Crippen molar-refractivity contribution < 1.29 is 22.8 Å². The highest BCUT2D eigenvalue weighted by molar-refractivity contribution is 6.05. The minimum atomic E-state index is -4.48. The summed E-state index contributed by atoms with van der Waals surface area (Å²) in [6.07, 6.45) is -3.40. The molecule has 0 aliphatic carbocycles. The van der Waals surface area contributed by atoms with Crippen molar-refractivity contribution in [1.82, 2.24) is 4.98 Å². The highest BCUT2D eigenvalue weighted by Crippen LogP contribution is 2.31. The summed E-state index contributed by atoms with van der Waals surface area (Å²) in [5.74, 6) is -0.687. The average molecular weight is 399 g/mol. The maximum absolute atomic E-state index is 12.9. The largest absolute Gasteiger partial charge is 0.416 e. The fourth-order valence-electron chi connectivity index (χ4n) is 2.67. The fraction of sp³-hybridized carbons (Fsp3) is 0.0952. The Kier molecular flexibility index (Phi) is 5.63. The van der Waals surface area contributed by atoms with Crippen LogP contribution in [0.2, 0.25) is 0 Å². The number of nitrogens with zero attached hydrogens (tertiary/aromatic N) is 1. The third-order valence-corrected chi connectivity index (χ3v) is 3.95. The van der Waals surface area contributed by atoms with Crippen LogP contribution >= 0.6 is 0 Å². The van der Waals surface area contributed by atoms with Gasteiger partial charge in [0.05, 0.1) is 11.3 Å². The Morgan fingerprint density at radius 1 is 0.897 bits per heavy atom. The van der Waals surface area contributed by atoms with Crippen molar-refractivity contribution in [3.63, 3.8) is 0 Å². The number of aromatic nitrogens is 1. The smallest absolute Gasteiger partial charge is 0.326 e. The maximum Gasteiger partial charge on any atom is 0.416 e. The molecule has 0 atom stereocenters. The molecule has 1 heterocycles. The predicted octanol–water partition coefficient (Wildman–Crippen LogP) is 4.98. The Labute approximate surface area is 164 Å². The summed E-state index contributed by atoms with van der Waals surface area (Å²) in [5, 5.41) is 5.31. The molecule has 3 rings (SSSR count). The predicted molar refractivity (Wildman–Crippen MR) is 103 cm³/mol. The lowest BCUT2D eigenvalue weighted by Crippen LogP contribution is -2.12.